The third kappa shape index (κ3) is 3.63. The van der Waals surface area contributed by atoms with E-state index < -0.39 is 0 Å². The molecule has 16 heavy (non-hydrogen) atoms. The number of nitrogens with one attached hydrogen (secondary N) is 1. The summed E-state index contributed by atoms with van der Waals surface area (Å²) in [5.41, 5.74) is 0.365. The van der Waals surface area contributed by atoms with Gasteiger partial charge in [0, 0.05) is 32.0 Å². The zero-order valence-corrected chi connectivity index (χ0v) is 11.2. The van der Waals surface area contributed by atoms with Crippen molar-refractivity contribution in [3.8, 4) is 0 Å². The monoisotopic (exact) mass is 223 g/mol. The molecule has 0 aromatic carbocycles. The third-order valence-corrected chi connectivity index (χ3v) is 3.60. The molecule has 1 heterocycles. The van der Waals surface area contributed by atoms with E-state index in [1.807, 2.05) is 19.3 Å². The van der Waals surface area contributed by atoms with E-state index in [1.54, 1.807) is 0 Å². The van der Waals surface area contributed by atoms with Gasteiger partial charge in [0.05, 0.1) is 0 Å². The average molecular weight is 223 g/mol. The lowest BCUT2D eigenvalue weighted by atomic mass is 9.81. The third-order valence-electron chi connectivity index (χ3n) is 3.60. The molecule has 0 bridgehead atoms. The molecule has 3 heteroatoms. The van der Waals surface area contributed by atoms with Crippen molar-refractivity contribution in [3.63, 3.8) is 0 Å². The fourth-order valence-corrected chi connectivity index (χ4v) is 1.45. The highest BCUT2D eigenvalue weighted by molar-refractivity contribution is 4.88. The molecule has 0 spiro atoms. The van der Waals surface area contributed by atoms with Gasteiger partial charge in [0.1, 0.15) is 5.82 Å². The van der Waals surface area contributed by atoms with E-state index in [0.717, 1.165) is 25.5 Å². The van der Waals surface area contributed by atoms with Gasteiger partial charge in [-0.2, -0.15) is 0 Å². The quantitative estimate of drug-likeness (QED) is 0.751. The lowest BCUT2D eigenvalue weighted by Gasteiger charge is -2.29. The largest absolute Gasteiger partial charge is 0.334 e. The maximum Gasteiger partial charge on any atom is 0.105 e. The summed E-state index contributed by atoms with van der Waals surface area (Å²) in [6, 6.07) is 0. The molecule has 0 saturated carbocycles. The van der Waals surface area contributed by atoms with Crippen LogP contribution in [0.3, 0.4) is 0 Å². The highest BCUT2D eigenvalue weighted by Crippen LogP contribution is 2.24. The predicted molar refractivity (Wildman–Crippen MR) is 68.5 cm³/mol. The summed E-state index contributed by atoms with van der Waals surface area (Å²) in [6.45, 7) is 14.3. The van der Waals surface area contributed by atoms with Gasteiger partial charge in [-0.25, -0.2) is 4.98 Å². The van der Waals surface area contributed by atoms with Crippen molar-refractivity contribution >= 4 is 0 Å². The van der Waals surface area contributed by atoms with Crippen LogP contribution in [0.1, 0.15) is 33.5 Å². The first kappa shape index (κ1) is 13.2. The number of aryl methyl sites for hydroxylation is 1. The second-order valence-electron chi connectivity index (χ2n) is 5.49. The van der Waals surface area contributed by atoms with Crippen molar-refractivity contribution in [2.45, 2.75) is 41.2 Å². The van der Waals surface area contributed by atoms with Gasteiger partial charge in [0.25, 0.3) is 0 Å². The summed E-state index contributed by atoms with van der Waals surface area (Å²) in [5.74, 6) is 1.79. The fraction of sp³-hybridized carbons (Fsp3) is 0.769. The van der Waals surface area contributed by atoms with Crippen LogP contribution in [0.15, 0.2) is 12.4 Å². The maximum absolute atomic E-state index is 4.21. The minimum absolute atomic E-state index is 0.365. The molecule has 0 aliphatic carbocycles. The van der Waals surface area contributed by atoms with Crippen molar-refractivity contribution in [2.75, 3.05) is 13.1 Å². The number of nitrogens with zero attached hydrogens (tertiary/aromatic N) is 2. The molecule has 0 unspecified atom stereocenters. The van der Waals surface area contributed by atoms with Crippen molar-refractivity contribution in [1.29, 1.82) is 0 Å². The van der Waals surface area contributed by atoms with Crippen LogP contribution in [0.2, 0.25) is 0 Å². The smallest absolute Gasteiger partial charge is 0.105 e. The first-order valence-corrected chi connectivity index (χ1v) is 6.12. The highest BCUT2D eigenvalue weighted by Gasteiger charge is 2.21. The molecule has 0 radical (unpaired) electrons. The zero-order valence-electron chi connectivity index (χ0n) is 11.2. The van der Waals surface area contributed by atoms with Crippen LogP contribution in [-0.2, 0) is 6.54 Å². The van der Waals surface area contributed by atoms with Crippen LogP contribution >= 0.6 is 0 Å². The van der Waals surface area contributed by atoms with E-state index >= 15 is 0 Å². The first-order valence-electron chi connectivity index (χ1n) is 6.12. The predicted octanol–water partition coefficient (Wildman–Crippen LogP) is 2.46. The van der Waals surface area contributed by atoms with Crippen LogP contribution in [0, 0.1) is 18.3 Å². The molecule has 0 aliphatic rings. The van der Waals surface area contributed by atoms with Crippen LogP contribution in [-0.4, -0.2) is 22.6 Å². The molecule has 0 fully saturated rings. The van der Waals surface area contributed by atoms with Crippen molar-refractivity contribution < 1.29 is 0 Å². The number of imidazole rings is 1. The molecular weight excluding hydrogens is 198 g/mol. The minimum Gasteiger partial charge on any atom is -0.334 e. The molecule has 0 saturated heterocycles. The normalized spacial score (nSPS) is 12.4. The Hall–Kier alpha value is -0.830. The van der Waals surface area contributed by atoms with Crippen molar-refractivity contribution in [3.05, 3.63) is 18.2 Å². The number of hydrogen-bond acceptors (Lipinski definition) is 2. The van der Waals surface area contributed by atoms with E-state index in [9.17, 15) is 0 Å². The van der Waals surface area contributed by atoms with Gasteiger partial charge in [-0.3, -0.25) is 0 Å². The van der Waals surface area contributed by atoms with Gasteiger partial charge < -0.3 is 9.88 Å². The van der Waals surface area contributed by atoms with Gasteiger partial charge in [-0.05, 0) is 18.3 Å². The lowest BCUT2D eigenvalue weighted by molar-refractivity contribution is 0.237. The Balaban J connectivity index is 2.25. The molecule has 3 nitrogen and oxygen atoms in total. The molecule has 0 amide bonds. The number of hydrogen-bond donors (Lipinski definition) is 1. The second kappa shape index (κ2) is 5.48. The zero-order chi connectivity index (χ0) is 12.2. The Labute approximate surface area is 99.3 Å². The number of aromatic nitrogens is 2. The van der Waals surface area contributed by atoms with Crippen LogP contribution in [0.4, 0.5) is 0 Å². The summed E-state index contributed by atoms with van der Waals surface area (Å²) < 4.78 is 2.18. The summed E-state index contributed by atoms with van der Waals surface area (Å²) in [4.78, 5) is 4.21. The van der Waals surface area contributed by atoms with E-state index in [1.165, 1.54) is 0 Å². The minimum atomic E-state index is 0.365. The Morgan fingerprint density at radius 3 is 2.62 bits per heavy atom. The van der Waals surface area contributed by atoms with Gasteiger partial charge in [-0.1, -0.05) is 27.7 Å². The molecule has 0 aliphatic heterocycles. The van der Waals surface area contributed by atoms with E-state index in [2.05, 4.69) is 42.6 Å². The second-order valence-corrected chi connectivity index (χ2v) is 5.49. The Kier molecular flexibility index (Phi) is 4.54. The lowest BCUT2D eigenvalue weighted by Crippen LogP contribution is -2.35. The molecule has 1 rings (SSSR count). The van der Waals surface area contributed by atoms with Crippen molar-refractivity contribution in [2.24, 2.45) is 11.3 Å². The number of rotatable bonds is 6. The Morgan fingerprint density at radius 2 is 2.12 bits per heavy atom. The van der Waals surface area contributed by atoms with Gasteiger partial charge in [-0.15, -0.1) is 0 Å². The maximum atomic E-state index is 4.21. The van der Waals surface area contributed by atoms with Gasteiger partial charge in [0.15, 0.2) is 0 Å². The topological polar surface area (TPSA) is 29.9 Å². The fourth-order valence-electron chi connectivity index (χ4n) is 1.45. The average Bonchev–Trinajstić information content (AvgIpc) is 2.59. The molecule has 1 N–H and O–H groups in total. The molecule has 0 atom stereocenters. The summed E-state index contributed by atoms with van der Waals surface area (Å²) in [5, 5.41) is 3.52. The van der Waals surface area contributed by atoms with Crippen LogP contribution < -0.4 is 5.32 Å². The summed E-state index contributed by atoms with van der Waals surface area (Å²) in [6.07, 6.45) is 3.89. The highest BCUT2D eigenvalue weighted by atomic mass is 15.1. The summed E-state index contributed by atoms with van der Waals surface area (Å²) in [7, 11) is 0. The Morgan fingerprint density at radius 1 is 1.44 bits per heavy atom. The van der Waals surface area contributed by atoms with E-state index in [-0.39, 0.29) is 0 Å². The molecule has 92 valence electrons. The molecular formula is C13H25N3. The SMILES string of the molecule is Cc1nccn1CCNCC(C)(C)C(C)C. The molecule has 1 aromatic heterocycles. The van der Waals surface area contributed by atoms with Gasteiger partial charge in [0.2, 0.25) is 0 Å². The first-order chi connectivity index (χ1) is 7.43. The summed E-state index contributed by atoms with van der Waals surface area (Å²) >= 11 is 0. The van der Waals surface area contributed by atoms with Crippen LogP contribution in [0.25, 0.3) is 0 Å². The van der Waals surface area contributed by atoms with E-state index in [4.69, 9.17) is 0 Å². The standard InChI is InChI=1S/C13H25N3/c1-11(2)13(4,5)10-14-6-8-16-9-7-15-12(16)3/h7,9,11,14H,6,8,10H2,1-5H3. The molecule has 1 aromatic rings. The van der Waals surface area contributed by atoms with E-state index in [0.29, 0.717) is 11.3 Å². The van der Waals surface area contributed by atoms with Gasteiger partial charge >= 0.3 is 0 Å². The van der Waals surface area contributed by atoms with Crippen molar-refractivity contribution in [1.82, 2.24) is 14.9 Å². The van der Waals surface area contributed by atoms with Crippen LogP contribution in [0.5, 0.6) is 0 Å². The Bertz CT molecular complexity index is 313.